The summed E-state index contributed by atoms with van der Waals surface area (Å²) in [5, 5.41) is 8.57. The summed E-state index contributed by atoms with van der Waals surface area (Å²) in [4.78, 5) is -0.249. The van der Waals surface area contributed by atoms with Crippen LogP contribution >= 0.6 is 27.5 Å². The molecule has 8 heteroatoms. The Kier molecular flexibility index (Phi) is 4.91. The van der Waals surface area contributed by atoms with Crippen molar-refractivity contribution in [1.29, 1.82) is 0 Å². The second-order valence-corrected chi connectivity index (χ2v) is 6.32. The first-order chi connectivity index (χ1) is 7.77. The number of hydrogen-bond acceptors (Lipinski definition) is 3. The molecule has 0 aliphatic heterocycles. The van der Waals surface area contributed by atoms with Crippen LogP contribution in [-0.4, -0.2) is 26.2 Å². The highest BCUT2D eigenvalue weighted by Gasteiger charge is 2.23. The summed E-state index contributed by atoms with van der Waals surface area (Å²) in [6, 6.07) is 1.25. The Morgan fingerprint density at radius 3 is 2.65 bits per heavy atom. The summed E-state index contributed by atoms with van der Waals surface area (Å²) >= 11 is 8.63. The van der Waals surface area contributed by atoms with Crippen molar-refractivity contribution >= 4 is 37.6 Å². The Labute approximate surface area is 112 Å². The fourth-order valence-corrected chi connectivity index (χ4v) is 4.20. The Balaban J connectivity index is 3.25. The molecule has 1 aromatic rings. The highest BCUT2D eigenvalue weighted by atomic mass is 79.9. The molecular weight excluding hydrogens is 337 g/mol. The van der Waals surface area contributed by atoms with Crippen LogP contribution in [-0.2, 0) is 10.0 Å². The minimum atomic E-state index is -3.91. The molecule has 0 saturated carbocycles. The van der Waals surface area contributed by atoms with Crippen molar-refractivity contribution in [3.8, 4) is 0 Å². The molecule has 0 saturated heterocycles. The molecule has 2 N–H and O–H groups in total. The lowest BCUT2D eigenvalue weighted by Gasteiger charge is -2.13. The molecule has 0 unspecified atom stereocenters. The van der Waals surface area contributed by atoms with Crippen molar-refractivity contribution < 1.29 is 17.9 Å². The molecule has 0 spiro atoms. The third-order valence-electron chi connectivity index (χ3n) is 1.86. The topological polar surface area (TPSA) is 66.4 Å². The van der Waals surface area contributed by atoms with Crippen molar-refractivity contribution in [3.05, 3.63) is 27.4 Å². The molecular formula is C9H10BrClFNO3S. The van der Waals surface area contributed by atoms with E-state index in [9.17, 15) is 12.8 Å². The first-order valence-corrected chi connectivity index (χ1v) is 7.21. The van der Waals surface area contributed by atoms with Gasteiger partial charge in [-0.25, -0.2) is 17.5 Å². The number of sulfonamides is 1. The number of halogens is 3. The minimum absolute atomic E-state index is 0.0279. The van der Waals surface area contributed by atoms with Crippen LogP contribution in [0.2, 0.25) is 5.02 Å². The lowest BCUT2D eigenvalue weighted by atomic mass is 10.3. The summed E-state index contributed by atoms with van der Waals surface area (Å²) in [5.74, 6) is -0.643. The van der Waals surface area contributed by atoms with Gasteiger partial charge in [-0.2, -0.15) is 0 Å². The molecule has 0 amide bonds. The summed E-state index contributed by atoms with van der Waals surface area (Å²) in [6.07, 6.45) is 0. The predicted molar refractivity (Wildman–Crippen MR) is 66.0 cm³/mol. The van der Waals surface area contributed by atoms with Gasteiger partial charge in [0.25, 0.3) is 0 Å². The summed E-state index contributed by atoms with van der Waals surface area (Å²) in [6.45, 7) is 1.14. The zero-order valence-electron chi connectivity index (χ0n) is 8.75. The molecule has 1 rings (SSSR count). The van der Waals surface area contributed by atoms with E-state index in [0.29, 0.717) is 0 Å². The fourth-order valence-electron chi connectivity index (χ4n) is 1.15. The van der Waals surface area contributed by atoms with Gasteiger partial charge in [0, 0.05) is 10.5 Å². The Bertz CT molecular complexity index is 500. The lowest BCUT2D eigenvalue weighted by molar-refractivity contribution is 0.265. The lowest BCUT2D eigenvalue weighted by Crippen LogP contribution is -2.35. The highest BCUT2D eigenvalue weighted by molar-refractivity contribution is 9.10. The monoisotopic (exact) mass is 345 g/mol. The SMILES string of the molecule is C[C@H](CO)NS(=O)(=O)c1c(Cl)cc(F)cc1Br. The van der Waals surface area contributed by atoms with Crippen molar-refractivity contribution in [3.63, 3.8) is 0 Å². The van der Waals surface area contributed by atoms with Crippen molar-refractivity contribution in [1.82, 2.24) is 4.72 Å². The molecule has 1 aromatic carbocycles. The Morgan fingerprint density at radius 2 is 2.18 bits per heavy atom. The van der Waals surface area contributed by atoms with E-state index in [2.05, 4.69) is 20.7 Å². The highest BCUT2D eigenvalue weighted by Crippen LogP contribution is 2.30. The first-order valence-electron chi connectivity index (χ1n) is 4.55. The molecule has 17 heavy (non-hydrogen) atoms. The zero-order chi connectivity index (χ0) is 13.2. The maximum Gasteiger partial charge on any atom is 0.243 e. The molecule has 4 nitrogen and oxygen atoms in total. The van der Waals surface area contributed by atoms with Crippen LogP contribution in [0.4, 0.5) is 4.39 Å². The van der Waals surface area contributed by atoms with E-state index in [0.717, 1.165) is 12.1 Å². The van der Waals surface area contributed by atoms with Gasteiger partial charge in [0.2, 0.25) is 10.0 Å². The number of rotatable bonds is 4. The van der Waals surface area contributed by atoms with Gasteiger partial charge < -0.3 is 5.11 Å². The largest absolute Gasteiger partial charge is 0.395 e. The van der Waals surface area contributed by atoms with E-state index in [4.69, 9.17) is 16.7 Å². The van der Waals surface area contributed by atoms with Crippen LogP contribution in [0.1, 0.15) is 6.92 Å². The van der Waals surface area contributed by atoms with E-state index >= 15 is 0 Å². The van der Waals surface area contributed by atoms with Crippen LogP contribution in [0, 0.1) is 5.82 Å². The van der Waals surface area contributed by atoms with E-state index < -0.39 is 21.9 Å². The third-order valence-corrected chi connectivity index (χ3v) is 4.85. The van der Waals surface area contributed by atoms with Crippen molar-refractivity contribution in [2.75, 3.05) is 6.61 Å². The third kappa shape index (κ3) is 3.62. The van der Waals surface area contributed by atoms with Crippen LogP contribution in [0.15, 0.2) is 21.5 Å². The average Bonchev–Trinajstić information content (AvgIpc) is 2.14. The van der Waals surface area contributed by atoms with Crippen LogP contribution in [0.3, 0.4) is 0 Å². The normalized spacial score (nSPS) is 13.7. The summed E-state index contributed by atoms with van der Waals surface area (Å²) in [7, 11) is -3.91. The smallest absolute Gasteiger partial charge is 0.243 e. The van der Waals surface area contributed by atoms with Gasteiger partial charge in [0.1, 0.15) is 10.7 Å². The second kappa shape index (κ2) is 5.62. The molecule has 0 fully saturated rings. The van der Waals surface area contributed by atoms with Gasteiger partial charge in [-0.05, 0) is 35.0 Å². The Morgan fingerprint density at radius 1 is 1.59 bits per heavy atom. The van der Waals surface area contributed by atoms with E-state index in [1.54, 1.807) is 0 Å². The van der Waals surface area contributed by atoms with Gasteiger partial charge in [0.05, 0.1) is 11.6 Å². The molecule has 1 atom stereocenters. The molecule has 0 radical (unpaired) electrons. The standard InChI is InChI=1S/C9H10BrClFNO3S/c1-5(4-14)13-17(15,16)9-7(10)2-6(12)3-8(9)11/h2-3,5,13-14H,4H2,1H3/t5-/m1/s1. The quantitative estimate of drug-likeness (QED) is 0.875. The number of benzene rings is 1. The second-order valence-electron chi connectivity index (χ2n) is 3.40. The molecule has 96 valence electrons. The van der Waals surface area contributed by atoms with E-state index in [-0.39, 0.29) is 21.0 Å². The summed E-state index contributed by atoms with van der Waals surface area (Å²) in [5.41, 5.74) is 0. The first kappa shape index (κ1) is 14.8. The molecule has 0 aromatic heterocycles. The minimum Gasteiger partial charge on any atom is -0.395 e. The Hall–Kier alpha value is -0.210. The maximum atomic E-state index is 13.0. The molecule has 0 aliphatic carbocycles. The number of aliphatic hydroxyl groups is 1. The molecule has 0 heterocycles. The predicted octanol–water partition coefficient (Wildman–Crippen LogP) is 1.90. The van der Waals surface area contributed by atoms with Crippen molar-refractivity contribution in [2.24, 2.45) is 0 Å². The van der Waals surface area contributed by atoms with E-state index in [1.165, 1.54) is 6.92 Å². The molecule has 0 aliphatic rings. The van der Waals surface area contributed by atoms with E-state index in [1.807, 2.05) is 0 Å². The maximum absolute atomic E-state index is 13.0. The average molecular weight is 347 g/mol. The van der Waals surface area contributed by atoms with Gasteiger partial charge in [0.15, 0.2) is 0 Å². The van der Waals surface area contributed by atoms with Gasteiger partial charge in [-0.3, -0.25) is 0 Å². The van der Waals surface area contributed by atoms with Crippen LogP contribution in [0.25, 0.3) is 0 Å². The van der Waals surface area contributed by atoms with Gasteiger partial charge in [-0.1, -0.05) is 11.6 Å². The number of hydrogen-bond donors (Lipinski definition) is 2. The van der Waals surface area contributed by atoms with Crippen molar-refractivity contribution in [2.45, 2.75) is 17.9 Å². The number of aliphatic hydroxyl groups excluding tert-OH is 1. The zero-order valence-corrected chi connectivity index (χ0v) is 11.9. The number of nitrogens with one attached hydrogen (secondary N) is 1. The fraction of sp³-hybridized carbons (Fsp3) is 0.333. The van der Waals surface area contributed by atoms with Crippen LogP contribution < -0.4 is 4.72 Å². The molecule has 0 bridgehead atoms. The summed E-state index contributed by atoms with van der Waals surface area (Å²) < 4.78 is 39.0. The van der Waals surface area contributed by atoms with Gasteiger partial charge in [-0.15, -0.1) is 0 Å². The van der Waals surface area contributed by atoms with Crippen LogP contribution in [0.5, 0.6) is 0 Å². The van der Waals surface area contributed by atoms with Gasteiger partial charge >= 0.3 is 0 Å².